The van der Waals surface area contributed by atoms with Crippen molar-refractivity contribution in [3.05, 3.63) is 58.0 Å². The minimum absolute atomic E-state index is 0.156. The van der Waals surface area contributed by atoms with Crippen LogP contribution >= 0.6 is 11.3 Å². The lowest BCUT2D eigenvalue weighted by molar-refractivity contribution is 0.116. The van der Waals surface area contributed by atoms with Crippen molar-refractivity contribution in [1.29, 1.82) is 0 Å². The Labute approximate surface area is 185 Å². The van der Waals surface area contributed by atoms with E-state index in [0.717, 1.165) is 30.9 Å². The number of nitrogens with zero attached hydrogens (tertiary/aromatic N) is 6. The number of likely N-dealkylation sites (tertiary alicyclic amines) is 1. The van der Waals surface area contributed by atoms with E-state index in [1.807, 2.05) is 0 Å². The summed E-state index contributed by atoms with van der Waals surface area (Å²) in [5.41, 5.74) is 2.33. The Morgan fingerprint density at radius 1 is 1.03 bits per heavy atom. The van der Waals surface area contributed by atoms with Crippen LogP contribution in [0.25, 0.3) is 22.7 Å². The summed E-state index contributed by atoms with van der Waals surface area (Å²) in [7, 11) is 0. The molecule has 11 heteroatoms. The third-order valence-electron chi connectivity index (χ3n) is 5.33. The van der Waals surface area contributed by atoms with Crippen LogP contribution in [0.1, 0.15) is 35.6 Å². The number of aromatic nitrogens is 5. The Kier molecular flexibility index (Phi) is 5.75. The van der Waals surface area contributed by atoms with Crippen molar-refractivity contribution < 1.29 is 17.6 Å². The zero-order chi connectivity index (χ0) is 22.1. The average Bonchev–Trinajstić information content (AvgIpc) is 3.57. The van der Waals surface area contributed by atoms with Crippen LogP contribution in [0.15, 0.2) is 40.3 Å². The number of rotatable bonds is 7. The van der Waals surface area contributed by atoms with Gasteiger partial charge >= 0.3 is 6.43 Å². The number of halogens is 3. The summed E-state index contributed by atoms with van der Waals surface area (Å²) in [6.07, 6.45) is 1.43. The fourth-order valence-electron chi connectivity index (χ4n) is 3.69. The third kappa shape index (κ3) is 4.44. The van der Waals surface area contributed by atoms with E-state index in [1.54, 1.807) is 28.3 Å². The Hall–Kier alpha value is -3.05. The van der Waals surface area contributed by atoms with E-state index in [0.29, 0.717) is 5.56 Å². The quantitative estimate of drug-likeness (QED) is 0.395. The second-order valence-corrected chi connectivity index (χ2v) is 8.63. The largest absolute Gasteiger partial charge is 0.415 e. The summed E-state index contributed by atoms with van der Waals surface area (Å²) in [6, 6.07) is 6.39. The molecule has 4 aromatic rings. The van der Waals surface area contributed by atoms with E-state index < -0.39 is 18.1 Å². The van der Waals surface area contributed by atoms with Gasteiger partial charge in [0.25, 0.3) is 5.89 Å². The lowest BCUT2D eigenvalue weighted by Crippen LogP contribution is -2.17. The first kappa shape index (κ1) is 20.8. The maximum atomic E-state index is 14.6. The van der Waals surface area contributed by atoms with Crippen molar-refractivity contribution in [2.24, 2.45) is 0 Å². The van der Waals surface area contributed by atoms with Gasteiger partial charge in [-0.2, -0.15) is 8.78 Å². The van der Waals surface area contributed by atoms with Crippen molar-refractivity contribution in [3.8, 4) is 22.7 Å². The van der Waals surface area contributed by atoms with Crippen molar-refractivity contribution in [2.75, 3.05) is 13.1 Å². The minimum atomic E-state index is -2.87. The maximum absolute atomic E-state index is 14.6. The highest BCUT2D eigenvalue weighted by Gasteiger charge is 2.18. The van der Waals surface area contributed by atoms with E-state index in [1.165, 1.54) is 29.9 Å². The van der Waals surface area contributed by atoms with Gasteiger partial charge in [0.15, 0.2) is 0 Å². The Bertz CT molecular complexity index is 1210. The minimum Gasteiger partial charge on any atom is -0.415 e. The van der Waals surface area contributed by atoms with E-state index in [2.05, 4.69) is 36.9 Å². The molecule has 0 unspecified atom stereocenters. The van der Waals surface area contributed by atoms with E-state index in [9.17, 15) is 13.2 Å². The lowest BCUT2D eigenvalue weighted by atomic mass is 10.1. The molecule has 166 valence electrons. The molecule has 1 saturated heterocycles. The molecule has 4 heterocycles. The number of thiophene rings is 1. The van der Waals surface area contributed by atoms with Crippen molar-refractivity contribution in [2.45, 2.75) is 32.4 Å². The molecular formula is C21H19F3N6OS. The molecule has 1 aromatic carbocycles. The number of hydrogen-bond acceptors (Lipinski definition) is 7. The fraction of sp³-hybridized carbons (Fsp3) is 0.333. The normalized spacial score (nSPS) is 14.6. The molecule has 5 rings (SSSR count). The summed E-state index contributed by atoms with van der Waals surface area (Å²) in [5.74, 6) is -1.48. The van der Waals surface area contributed by atoms with Gasteiger partial charge in [-0.3, -0.25) is 4.90 Å². The smallest absolute Gasteiger partial charge is 0.314 e. The van der Waals surface area contributed by atoms with Crippen molar-refractivity contribution >= 4 is 11.3 Å². The van der Waals surface area contributed by atoms with Crippen LogP contribution in [0, 0.1) is 5.82 Å². The van der Waals surface area contributed by atoms with E-state index in [-0.39, 0.29) is 18.0 Å². The van der Waals surface area contributed by atoms with Crippen LogP contribution in [0.4, 0.5) is 13.2 Å². The highest BCUT2D eigenvalue weighted by molar-refractivity contribution is 7.10. The number of benzene rings is 1. The predicted molar refractivity (Wildman–Crippen MR) is 112 cm³/mol. The molecule has 0 radical (unpaired) electrons. The molecule has 1 fully saturated rings. The van der Waals surface area contributed by atoms with Gasteiger partial charge in [0.2, 0.25) is 5.89 Å². The van der Waals surface area contributed by atoms with Crippen LogP contribution in [0.2, 0.25) is 0 Å². The van der Waals surface area contributed by atoms with Crippen LogP contribution in [0.3, 0.4) is 0 Å². The lowest BCUT2D eigenvalue weighted by Gasteiger charge is -2.12. The maximum Gasteiger partial charge on any atom is 0.314 e. The molecule has 7 nitrogen and oxygen atoms in total. The van der Waals surface area contributed by atoms with Gasteiger partial charge in [-0.05, 0) is 44.1 Å². The molecule has 0 atom stereocenters. The highest BCUT2D eigenvalue weighted by Crippen LogP contribution is 2.27. The topological polar surface area (TPSA) is 72.9 Å². The van der Waals surface area contributed by atoms with Crippen molar-refractivity contribution in [1.82, 2.24) is 30.1 Å². The predicted octanol–water partition coefficient (Wildman–Crippen LogP) is 4.78. The zero-order valence-corrected chi connectivity index (χ0v) is 17.7. The molecule has 3 aromatic heterocycles. The molecule has 1 aliphatic rings. The van der Waals surface area contributed by atoms with E-state index in [4.69, 9.17) is 4.42 Å². The summed E-state index contributed by atoms with van der Waals surface area (Å²) >= 11 is 1.70. The Morgan fingerprint density at radius 2 is 1.88 bits per heavy atom. The highest BCUT2D eigenvalue weighted by atomic mass is 32.1. The molecule has 0 spiro atoms. The molecular weight excluding hydrogens is 441 g/mol. The van der Waals surface area contributed by atoms with Gasteiger partial charge in [0, 0.05) is 33.5 Å². The number of alkyl halides is 2. The zero-order valence-electron chi connectivity index (χ0n) is 16.9. The summed E-state index contributed by atoms with van der Waals surface area (Å²) in [5, 5.41) is 17.2. The summed E-state index contributed by atoms with van der Waals surface area (Å²) in [4.78, 5) is 3.73. The molecule has 0 saturated carbocycles. The Morgan fingerprint density at radius 3 is 2.62 bits per heavy atom. The van der Waals surface area contributed by atoms with Gasteiger partial charge in [-0.25, -0.2) is 9.07 Å². The summed E-state index contributed by atoms with van der Waals surface area (Å²) in [6.45, 7) is 3.42. The first-order valence-corrected chi connectivity index (χ1v) is 11.0. The molecule has 0 amide bonds. The molecule has 0 aliphatic carbocycles. The average molecular weight is 460 g/mol. The monoisotopic (exact) mass is 460 g/mol. The van der Waals surface area contributed by atoms with Gasteiger partial charge in [-0.1, -0.05) is 11.3 Å². The number of hydrogen-bond donors (Lipinski definition) is 0. The second-order valence-electron chi connectivity index (χ2n) is 7.64. The first-order chi connectivity index (χ1) is 15.5. The molecule has 32 heavy (non-hydrogen) atoms. The van der Waals surface area contributed by atoms with Crippen molar-refractivity contribution in [3.63, 3.8) is 0 Å². The molecule has 0 N–H and O–H groups in total. The third-order valence-corrected chi connectivity index (χ3v) is 6.25. The van der Waals surface area contributed by atoms with E-state index >= 15 is 0 Å². The van der Waals surface area contributed by atoms with Gasteiger partial charge in [0.1, 0.15) is 11.5 Å². The van der Waals surface area contributed by atoms with Crippen LogP contribution in [-0.2, 0) is 13.1 Å². The Balaban J connectivity index is 1.27. The van der Waals surface area contributed by atoms with Crippen LogP contribution < -0.4 is 0 Å². The van der Waals surface area contributed by atoms with Gasteiger partial charge in [0.05, 0.1) is 12.7 Å². The second kappa shape index (κ2) is 8.83. The van der Waals surface area contributed by atoms with Gasteiger partial charge < -0.3 is 4.42 Å². The first-order valence-electron chi connectivity index (χ1n) is 10.2. The standard InChI is InChI=1S/C21H19F3N6OS/c22-17-8-13(20-26-27-21(31-20)19(23)24)3-4-14(17)9-30-11-18(25-28-30)15-7-16(32-12-15)10-29-5-1-2-6-29/h3-4,7-8,11-12,19H,1-2,5-6,9-10H2. The summed E-state index contributed by atoms with van der Waals surface area (Å²) < 4.78 is 46.3. The van der Waals surface area contributed by atoms with Gasteiger partial charge in [-0.15, -0.1) is 26.6 Å². The SMILES string of the molecule is Fc1cc(-c2nnc(C(F)F)o2)ccc1Cn1cc(-c2csc(CN3CCCC3)c2)nn1. The molecule has 1 aliphatic heterocycles. The van der Waals surface area contributed by atoms with Crippen LogP contribution in [-0.4, -0.2) is 43.2 Å². The fourth-order valence-corrected chi connectivity index (χ4v) is 4.61. The molecule has 0 bridgehead atoms. The van der Waals surface area contributed by atoms with Crippen LogP contribution in [0.5, 0.6) is 0 Å².